The molecule has 0 spiro atoms. The molecule has 1 aromatic heterocycles. The number of aromatic nitrogens is 3. The summed E-state index contributed by atoms with van der Waals surface area (Å²) in [7, 11) is 1.91. The van der Waals surface area contributed by atoms with Crippen molar-refractivity contribution in [3.8, 4) is 0 Å². The SMILES string of the molecule is Cn1[nH]c(C2CCCCS2)nc1=S. The highest BCUT2D eigenvalue weighted by Crippen LogP contribution is 2.36. The maximum absolute atomic E-state index is 5.05. The summed E-state index contributed by atoms with van der Waals surface area (Å²) in [6, 6.07) is 0. The molecule has 1 fully saturated rings. The van der Waals surface area contributed by atoms with Gasteiger partial charge in [0.15, 0.2) is 0 Å². The van der Waals surface area contributed by atoms with Gasteiger partial charge in [-0.05, 0) is 30.8 Å². The zero-order chi connectivity index (χ0) is 9.26. The first-order chi connectivity index (χ1) is 6.27. The van der Waals surface area contributed by atoms with Crippen molar-refractivity contribution in [2.45, 2.75) is 24.5 Å². The predicted octanol–water partition coefficient (Wildman–Crippen LogP) is 2.44. The van der Waals surface area contributed by atoms with Gasteiger partial charge in [0.2, 0.25) is 4.77 Å². The molecule has 1 N–H and O–H groups in total. The van der Waals surface area contributed by atoms with Crippen LogP contribution in [-0.2, 0) is 7.05 Å². The third kappa shape index (κ3) is 1.96. The molecule has 0 radical (unpaired) electrons. The van der Waals surface area contributed by atoms with Crippen molar-refractivity contribution in [2.75, 3.05) is 5.75 Å². The van der Waals surface area contributed by atoms with E-state index in [2.05, 4.69) is 10.1 Å². The van der Waals surface area contributed by atoms with Gasteiger partial charge in [-0.3, -0.25) is 9.78 Å². The second-order valence-corrected chi connectivity index (χ2v) is 4.98. The van der Waals surface area contributed by atoms with Crippen LogP contribution in [0.5, 0.6) is 0 Å². The van der Waals surface area contributed by atoms with Crippen LogP contribution in [0.4, 0.5) is 0 Å². The second kappa shape index (κ2) is 3.84. The lowest BCUT2D eigenvalue weighted by atomic mass is 10.2. The molecular weight excluding hydrogens is 202 g/mol. The fourth-order valence-corrected chi connectivity index (χ4v) is 2.92. The quantitative estimate of drug-likeness (QED) is 0.731. The summed E-state index contributed by atoms with van der Waals surface area (Å²) in [5.74, 6) is 2.30. The number of nitrogens with zero attached hydrogens (tertiary/aromatic N) is 2. The molecule has 1 atom stereocenters. The Hall–Kier alpha value is -0.290. The topological polar surface area (TPSA) is 33.6 Å². The van der Waals surface area contributed by atoms with Crippen molar-refractivity contribution in [3.63, 3.8) is 0 Å². The number of nitrogens with one attached hydrogen (secondary N) is 1. The molecule has 2 rings (SSSR count). The molecule has 0 amide bonds. The van der Waals surface area contributed by atoms with E-state index < -0.39 is 0 Å². The largest absolute Gasteiger partial charge is 0.282 e. The smallest absolute Gasteiger partial charge is 0.215 e. The summed E-state index contributed by atoms with van der Waals surface area (Å²) in [4.78, 5) is 4.34. The van der Waals surface area contributed by atoms with E-state index >= 15 is 0 Å². The maximum atomic E-state index is 5.05. The third-order valence-corrected chi connectivity index (χ3v) is 4.02. The standard InChI is InChI=1S/C8H13N3S2/c1-11-8(12)9-7(10-11)6-4-2-3-5-13-6/h6H,2-5H2,1H3,(H,9,10,12). The van der Waals surface area contributed by atoms with Crippen LogP contribution in [0.15, 0.2) is 0 Å². The number of hydrogen-bond acceptors (Lipinski definition) is 3. The molecule has 1 saturated heterocycles. The number of thioether (sulfide) groups is 1. The summed E-state index contributed by atoms with van der Waals surface area (Å²) in [6.45, 7) is 0. The lowest BCUT2D eigenvalue weighted by Gasteiger charge is -2.18. The fourth-order valence-electron chi connectivity index (χ4n) is 1.52. The lowest BCUT2D eigenvalue weighted by Crippen LogP contribution is -2.04. The molecule has 0 bridgehead atoms. The highest BCUT2D eigenvalue weighted by Gasteiger charge is 2.18. The van der Waals surface area contributed by atoms with E-state index in [4.69, 9.17) is 12.2 Å². The molecule has 1 aliphatic rings. The molecule has 1 aromatic rings. The van der Waals surface area contributed by atoms with E-state index in [0.717, 1.165) is 5.82 Å². The van der Waals surface area contributed by atoms with Crippen LogP contribution in [0.2, 0.25) is 0 Å². The average Bonchev–Trinajstić information content (AvgIpc) is 2.49. The molecule has 3 nitrogen and oxygen atoms in total. The summed E-state index contributed by atoms with van der Waals surface area (Å²) < 4.78 is 2.46. The van der Waals surface area contributed by atoms with Gasteiger partial charge in [-0.25, -0.2) is 4.98 Å². The Bertz CT molecular complexity index is 335. The predicted molar refractivity (Wildman–Crippen MR) is 57.4 cm³/mol. The molecule has 1 unspecified atom stereocenters. The number of hydrogen-bond donors (Lipinski definition) is 1. The van der Waals surface area contributed by atoms with E-state index in [1.807, 2.05) is 18.8 Å². The van der Waals surface area contributed by atoms with E-state index in [1.165, 1.54) is 25.0 Å². The highest BCUT2D eigenvalue weighted by molar-refractivity contribution is 7.99. The Labute approximate surface area is 86.9 Å². The van der Waals surface area contributed by atoms with Gasteiger partial charge in [-0.1, -0.05) is 6.42 Å². The monoisotopic (exact) mass is 215 g/mol. The fraction of sp³-hybridized carbons (Fsp3) is 0.750. The van der Waals surface area contributed by atoms with Gasteiger partial charge in [0, 0.05) is 7.05 Å². The van der Waals surface area contributed by atoms with E-state index in [1.54, 1.807) is 4.68 Å². The van der Waals surface area contributed by atoms with E-state index in [-0.39, 0.29) is 0 Å². The van der Waals surface area contributed by atoms with Gasteiger partial charge in [-0.2, -0.15) is 11.8 Å². The first kappa shape index (κ1) is 9.27. The van der Waals surface area contributed by atoms with Crippen LogP contribution in [0.1, 0.15) is 30.3 Å². The van der Waals surface area contributed by atoms with E-state index in [9.17, 15) is 0 Å². The van der Waals surface area contributed by atoms with Crippen LogP contribution in [0.3, 0.4) is 0 Å². The molecule has 0 aliphatic carbocycles. The number of H-pyrrole nitrogens is 1. The van der Waals surface area contributed by atoms with Crippen LogP contribution in [0.25, 0.3) is 0 Å². The Morgan fingerprint density at radius 3 is 3.00 bits per heavy atom. The van der Waals surface area contributed by atoms with Crippen LogP contribution in [-0.4, -0.2) is 20.5 Å². The van der Waals surface area contributed by atoms with E-state index in [0.29, 0.717) is 10.0 Å². The first-order valence-electron chi connectivity index (χ1n) is 4.52. The van der Waals surface area contributed by atoms with Crippen molar-refractivity contribution >= 4 is 24.0 Å². The summed E-state index contributed by atoms with van der Waals surface area (Å²) in [6.07, 6.45) is 3.89. The molecule has 13 heavy (non-hydrogen) atoms. The van der Waals surface area contributed by atoms with Crippen molar-refractivity contribution in [2.24, 2.45) is 7.05 Å². The van der Waals surface area contributed by atoms with Crippen molar-refractivity contribution in [3.05, 3.63) is 10.6 Å². The molecule has 1 aliphatic heterocycles. The molecule has 72 valence electrons. The Morgan fingerprint density at radius 1 is 1.62 bits per heavy atom. The minimum Gasteiger partial charge on any atom is -0.282 e. The molecule has 2 heterocycles. The van der Waals surface area contributed by atoms with Gasteiger partial charge in [-0.15, -0.1) is 0 Å². The zero-order valence-electron chi connectivity index (χ0n) is 7.62. The minimum absolute atomic E-state index is 0.539. The molecule has 0 aromatic carbocycles. The van der Waals surface area contributed by atoms with Crippen molar-refractivity contribution in [1.82, 2.24) is 14.8 Å². The van der Waals surface area contributed by atoms with Gasteiger partial charge in [0.1, 0.15) is 5.82 Å². The number of aryl methyl sites for hydroxylation is 1. The van der Waals surface area contributed by atoms with Crippen LogP contribution >= 0.6 is 24.0 Å². The summed E-state index contributed by atoms with van der Waals surface area (Å²) in [5.41, 5.74) is 0. The minimum atomic E-state index is 0.539. The Kier molecular flexibility index (Phi) is 2.74. The molecular formula is C8H13N3S2. The van der Waals surface area contributed by atoms with Gasteiger partial charge < -0.3 is 0 Å². The zero-order valence-corrected chi connectivity index (χ0v) is 9.25. The Balaban J connectivity index is 2.19. The van der Waals surface area contributed by atoms with Crippen molar-refractivity contribution in [1.29, 1.82) is 0 Å². The van der Waals surface area contributed by atoms with Crippen LogP contribution < -0.4 is 0 Å². The summed E-state index contributed by atoms with van der Waals surface area (Å²) >= 11 is 7.04. The van der Waals surface area contributed by atoms with Gasteiger partial charge in [0.05, 0.1) is 5.25 Å². The second-order valence-electron chi connectivity index (χ2n) is 3.31. The average molecular weight is 215 g/mol. The normalized spacial score (nSPS) is 23.3. The summed E-state index contributed by atoms with van der Waals surface area (Å²) in [5, 5.41) is 3.73. The maximum Gasteiger partial charge on any atom is 0.215 e. The molecule has 0 saturated carbocycles. The number of aromatic amines is 1. The molecule has 5 heteroatoms. The highest BCUT2D eigenvalue weighted by atomic mass is 32.2. The Morgan fingerprint density at radius 2 is 2.46 bits per heavy atom. The number of rotatable bonds is 1. The van der Waals surface area contributed by atoms with Crippen molar-refractivity contribution < 1.29 is 0 Å². The van der Waals surface area contributed by atoms with Crippen LogP contribution in [0, 0.1) is 4.77 Å². The lowest BCUT2D eigenvalue weighted by molar-refractivity contribution is 0.650. The first-order valence-corrected chi connectivity index (χ1v) is 5.97. The third-order valence-electron chi connectivity index (χ3n) is 2.27. The van der Waals surface area contributed by atoms with Gasteiger partial charge >= 0.3 is 0 Å². The van der Waals surface area contributed by atoms with Gasteiger partial charge in [0.25, 0.3) is 0 Å².